The summed E-state index contributed by atoms with van der Waals surface area (Å²) >= 11 is 0. The lowest BCUT2D eigenvalue weighted by Gasteiger charge is -2.50. The summed E-state index contributed by atoms with van der Waals surface area (Å²) in [5.74, 6) is -8.68. The fourth-order valence-corrected chi connectivity index (χ4v) is 7.80. The molecule has 6 rings (SSSR count). The average molecular weight is 656 g/mol. The van der Waals surface area contributed by atoms with Crippen molar-refractivity contribution < 1.29 is 48.0 Å². The molecule has 250 valence electrons. The van der Waals surface area contributed by atoms with Crippen LogP contribution in [-0.4, -0.2) is 80.0 Å². The number of ketones is 2. The number of aliphatic hydroxyl groups excluding tert-OH is 2. The first-order valence-electron chi connectivity index (χ1n) is 15.4. The number of carbonyl (C=O) groups is 3. The summed E-state index contributed by atoms with van der Waals surface area (Å²) in [6.07, 6.45) is -3.75. The van der Waals surface area contributed by atoms with Gasteiger partial charge in [-0.1, -0.05) is 30.3 Å². The zero-order valence-corrected chi connectivity index (χ0v) is 25.8. The highest BCUT2D eigenvalue weighted by Crippen LogP contribution is 2.54. The number of aromatic hydroxyl groups is 1. The lowest BCUT2D eigenvalue weighted by atomic mass is 9.58. The van der Waals surface area contributed by atoms with Crippen molar-refractivity contribution in [2.24, 2.45) is 23.5 Å². The molecule has 1 fully saturated rings. The van der Waals surface area contributed by atoms with Crippen LogP contribution in [0, 0.1) is 17.8 Å². The van der Waals surface area contributed by atoms with Crippen LogP contribution in [0.1, 0.15) is 51.9 Å². The Hall–Kier alpha value is -4.20. The van der Waals surface area contributed by atoms with Gasteiger partial charge < -0.3 is 26.2 Å². The van der Waals surface area contributed by atoms with Crippen LogP contribution < -0.4 is 5.73 Å². The SMILES string of the molecule is CN(C)[C@@H]1C(O)=C(C(N)=O)C(=O)[C@@]2(O)C(O)=C3C(=O)c4c(O)cc(CN(Cc5ccccc5)CC5CC5)c(C(F)(F)F)c4C[C@H]3C[C@@H]12. The Balaban J connectivity index is 1.47. The third-order valence-electron chi connectivity index (χ3n) is 9.95. The van der Waals surface area contributed by atoms with Gasteiger partial charge in [-0.25, -0.2) is 0 Å². The third kappa shape index (κ3) is 5.39. The number of likely N-dealkylation sites (N-methyl/N-ethyl adjacent to an activating group) is 1. The molecule has 4 aliphatic rings. The molecule has 1 saturated carbocycles. The summed E-state index contributed by atoms with van der Waals surface area (Å²) in [7, 11) is 2.95. The van der Waals surface area contributed by atoms with Crippen molar-refractivity contribution in [2.75, 3.05) is 20.6 Å². The molecule has 4 aliphatic carbocycles. The number of rotatable bonds is 8. The summed E-state index contributed by atoms with van der Waals surface area (Å²) in [6.45, 7) is 0.776. The molecule has 2 aromatic carbocycles. The van der Waals surface area contributed by atoms with Gasteiger partial charge in [0.2, 0.25) is 5.78 Å². The van der Waals surface area contributed by atoms with Crippen molar-refractivity contribution in [1.29, 1.82) is 0 Å². The molecule has 13 heteroatoms. The molecule has 47 heavy (non-hydrogen) atoms. The van der Waals surface area contributed by atoms with Gasteiger partial charge in [0.25, 0.3) is 5.91 Å². The first kappa shape index (κ1) is 32.7. The molecule has 4 atom stereocenters. The first-order chi connectivity index (χ1) is 22.0. The number of allylic oxidation sites excluding steroid dienone is 1. The van der Waals surface area contributed by atoms with Gasteiger partial charge in [0.05, 0.1) is 17.2 Å². The van der Waals surface area contributed by atoms with Gasteiger partial charge in [0.1, 0.15) is 22.8 Å². The van der Waals surface area contributed by atoms with Gasteiger partial charge in [-0.3, -0.25) is 24.2 Å². The van der Waals surface area contributed by atoms with E-state index in [1.807, 2.05) is 35.2 Å². The van der Waals surface area contributed by atoms with Crippen molar-refractivity contribution in [3.63, 3.8) is 0 Å². The minimum Gasteiger partial charge on any atom is -0.510 e. The molecule has 2 aromatic rings. The van der Waals surface area contributed by atoms with E-state index in [2.05, 4.69) is 0 Å². The number of carbonyl (C=O) groups excluding carboxylic acids is 3. The lowest BCUT2D eigenvalue weighted by molar-refractivity contribution is -0.148. The number of amides is 1. The Morgan fingerprint density at radius 2 is 1.72 bits per heavy atom. The van der Waals surface area contributed by atoms with Gasteiger partial charge in [0.15, 0.2) is 11.4 Å². The summed E-state index contributed by atoms with van der Waals surface area (Å²) in [4.78, 5) is 42.9. The predicted molar refractivity (Wildman–Crippen MR) is 162 cm³/mol. The second-order valence-corrected chi connectivity index (χ2v) is 13.3. The molecule has 0 heterocycles. The van der Waals surface area contributed by atoms with E-state index in [9.17, 15) is 34.8 Å². The fraction of sp³-hybridized carbons (Fsp3) is 0.441. The van der Waals surface area contributed by atoms with E-state index in [0.29, 0.717) is 19.0 Å². The summed E-state index contributed by atoms with van der Waals surface area (Å²) in [6, 6.07) is 8.99. The number of phenolic OH excluding ortho intramolecular Hbond substituents is 1. The van der Waals surface area contributed by atoms with Crippen LogP contribution in [-0.2, 0) is 35.3 Å². The molecule has 0 aromatic heterocycles. The van der Waals surface area contributed by atoms with E-state index < -0.39 is 98.7 Å². The maximum Gasteiger partial charge on any atom is 0.417 e. The maximum absolute atomic E-state index is 15.0. The smallest absolute Gasteiger partial charge is 0.417 e. The third-order valence-corrected chi connectivity index (χ3v) is 9.95. The monoisotopic (exact) mass is 655 g/mol. The number of benzene rings is 2. The Kier molecular flexibility index (Phi) is 8.01. The predicted octanol–water partition coefficient (Wildman–Crippen LogP) is 3.55. The first-order valence-corrected chi connectivity index (χ1v) is 15.4. The van der Waals surface area contributed by atoms with E-state index in [4.69, 9.17) is 5.73 Å². The summed E-state index contributed by atoms with van der Waals surface area (Å²) < 4.78 is 45.1. The molecular weight excluding hydrogens is 619 g/mol. The molecule has 0 spiro atoms. The number of primary amides is 1. The second kappa shape index (κ2) is 11.5. The zero-order valence-electron chi connectivity index (χ0n) is 25.8. The molecule has 0 saturated heterocycles. The highest BCUT2D eigenvalue weighted by Gasteiger charge is 2.63. The van der Waals surface area contributed by atoms with Crippen molar-refractivity contribution in [3.8, 4) is 5.75 Å². The Morgan fingerprint density at radius 1 is 1.06 bits per heavy atom. The number of nitrogens with two attached hydrogens (primary N) is 1. The van der Waals surface area contributed by atoms with E-state index in [1.54, 1.807) is 0 Å². The van der Waals surface area contributed by atoms with Gasteiger partial charge >= 0.3 is 6.18 Å². The number of nitrogens with zero attached hydrogens (tertiary/aromatic N) is 2. The van der Waals surface area contributed by atoms with Gasteiger partial charge in [-0.15, -0.1) is 0 Å². The van der Waals surface area contributed by atoms with Gasteiger partial charge in [-0.05, 0) is 74.4 Å². The van der Waals surface area contributed by atoms with Crippen molar-refractivity contribution in [2.45, 2.75) is 56.6 Å². The minimum absolute atomic E-state index is 0.151. The Bertz CT molecular complexity index is 1730. The quantitative estimate of drug-likeness (QED) is 0.268. The number of alkyl halides is 3. The zero-order chi connectivity index (χ0) is 34.2. The number of phenols is 1. The van der Waals surface area contributed by atoms with Crippen LogP contribution in [0.4, 0.5) is 13.2 Å². The second-order valence-electron chi connectivity index (χ2n) is 13.3. The van der Waals surface area contributed by atoms with Crippen molar-refractivity contribution in [3.05, 3.63) is 86.9 Å². The summed E-state index contributed by atoms with van der Waals surface area (Å²) in [5.41, 5.74) is -0.452. The fourth-order valence-electron chi connectivity index (χ4n) is 7.80. The largest absolute Gasteiger partial charge is 0.510 e. The number of hydrogen-bond donors (Lipinski definition) is 5. The van der Waals surface area contributed by atoms with Crippen LogP contribution >= 0.6 is 0 Å². The molecule has 0 aliphatic heterocycles. The molecule has 0 radical (unpaired) electrons. The molecular formula is C34H36F3N3O7. The number of halogens is 3. The van der Waals surface area contributed by atoms with E-state index >= 15 is 13.2 Å². The minimum atomic E-state index is -4.92. The number of hydrogen-bond acceptors (Lipinski definition) is 9. The Morgan fingerprint density at radius 3 is 2.30 bits per heavy atom. The van der Waals surface area contributed by atoms with E-state index in [-0.39, 0.29) is 18.5 Å². The highest BCUT2D eigenvalue weighted by molar-refractivity contribution is 6.24. The maximum atomic E-state index is 15.0. The highest BCUT2D eigenvalue weighted by atomic mass is 19.4. The van der Waals surface area contributed by atoms with Gasteiger partial charge in [-0.2, -0.15) is 13.2 Å². The molecule has 1 amide bonds. The van der Waals surface area contributed by atoms with Crippen molar-refractivity contribution >= 4 is 17.5 Å². The molecule has 0 bridgehead atoms. The van der Waals surface area contributed by atoms with Crippen molar-refractivity contribution in [1.82, 2.24) is 9.80 Å². The van der Waals surface area contributed by atoms with Gasteiger partial charge in [0, 0.05) is 31.1 Å². The van der Waals surface area contributed by atoms with Crippen LogP contribution in [0.5, 0.6) is 5.75 Å². The average Bonchev–Trinajstić information content (AvgIpc) is 3.78. The number of fused-ring (bicyclic) bond motifs is 3. The van der Waals surface area contributed by atoms with E-state index in [0.717, 1.165) is 24.5 Å². The van der Waals surface area contributed by atoms with Crippen LogP contribution in [0.3, 0.4) is 0 Å². The number of aliphatic hydroxyl groups is 3. The normalized spacial score (nSPS) is 26.1. The topological polar surface area (TPSA) is 165 Å². The Labute approximate surface area is 268 Å². The van der Waals surface area contributed by atoms with E-state index in [1.165, 1.54) is 19.0 Å². The molecule has 10 nitrogen and oxygen atoms in total. The lowest BCUT2D eigenvalue weighted by Crippen LogP contribution is -2.63. The van der Waals surface area contributed by atoms with Crippen LogP contribution in [0.15, 0.2) is 59.1 Å². The molecule has 6 N–H and O–H groups in total. The number of Topliss-reactive ketones (excluding diaryl/α,β-unsaturated/α-hetero) is 2. The standard InChI is InChI=1S/C34H36F3N3O7/c1-39(2)27-21-11-18-10-20-24(28(42)23(18)30(44)33(21,47)31(45)25(29(27)43)32(38)46)22(41)12-19(26(20)34(35,36)37)15-40(14-17-8-9-17)13-16-6-4-3-5-7-16/h3-7,12,17-18,21,27,41,43-44,47H,8-11,13-15H2,1-2H3,(H2,38,46)/t18-,21-,27-,33-/m0/s1. The van der Waals surface area contributed by atoms with Crippen LogP contribution in [0.2, 0.25) is 0 Å². The molecule has 0 unspecified atom stereocenters. The summed E-state index contributed by atoms with van der Waals surface area (Å²) in [5, 5.41) is 45.2. The van der Waals surface area contributed by atoms with Crippen LogP contribution in [0.25, 0.3) is 0 Å².